The van der Waals surface area contributed by atoms with Gasteiger partial charge < -0.3 is 15.4 Å². The number of rotatable bonds is 5. The van der Waals surface area contributed by atoms with Gasteiger partial charge in [0, 0.05) is 19.1 Å². The first-order valence-corrected chi connectivity index (χ1v) is 6.78. The number of hydrogen-bond acceptors (Lipinski definition) is 2. The zero-order valence-electron chi connectivity index (χ0n) is 13.1. The highest BCUT2D eigenvalue weighted by molar-refractivity contribution is 14.0. The summed E-state index contributed by atoms with van der Waals surface area (Å²) in [6, 6.07) is 6.04. The van der Waals surface area contributed by atoms with Crippen LogP contribution in [0.2, 0.25) is 0 Å². The summed E-state index contributed by atoms with van der Waals surface area (Å²) in [4.78, 5) is 4.15. The predicted molar refractivity (Wildman–Crippen MR) is 96.2 cm³/mol. The number of benzene rings is 1. The van der Waals surface area contributed by atoms with Gasteiger partial charge in [0.15, 0.2) is 5.96 Å². The molecule has 0 aliphatic carbocycles. The summed E-state index contributed by atoms with van der Waals surface area (Å²) >= 11 is 0. The highest BCUT2D eigenvalue weighted by atomic mass is 127. The van der Waals surface area contributed by atoms with Crippen LogP contribution in [0.4, 0.5) is 4.39 Å². The van der Waals surface area contributed by atoms with E-state index < -0.39 is 0 Å². The summed E-state index contributed by atoms with van der Waals surface area (Å²) in [7, 11) is 1.75. The van der Waals surface area contributed by atoms with Gasteiger partial charge >= 0.3 is 0 Å². The van der Waals surface area contributed by atoms with Crippen LogP contribution in [0.5, 0.6) is 5.75 Å². The number of guanidine groups is 1. The van der Waals surface area contributed by atoms with E-state index in [0.717, 1.165) is 18.9 Å². The zero-order chi connectivity index (χ0) is 15.0. The van der Waals surface area contributed by atoms with Gasteiger partial charge in [-0.2, -0.15) is 0 Å². The maximum atomic E-state index is 12.7. The lowest BCUT2D eigenvalue weighted by molar-refractivity contribution is 0.310. The van der Waals surface area contributed by atoms with E-state index in [4.69, 9.17) is 4.74 Å². The number of aliphatic imine (C=N–C) groups is 1. The first kappa shape index (κ1) is 19.9. The van der Waals surface area contributed by atoms with Crippen molar-refractivity contribution < 1.29 is 9.13 Å². The topological polar surface area (TPSA) is 45.7 Å². The summed E-state index contributed by atoms with van der Waals surface area (Å²) in [6.07, 6.45) is 0.836. The van der Waals surface area contributed by atoms with E-state index in [0.29, 0.717) is 12.4 Å². The zero-order valence-corrected chi connectivity index (χ0v) is 15.4. The molecule has 0 aliphatic rings. The molecule has 1 aromatic rings. The highest BCUT2D eigenvalue weighted by Gasteiger charge is 2.11. The number of halogens is 2. The minimum atomic E-state index is -0.254. The van der Waals surface area contributed by atoms with Crippen molar-refractivity contribution in [3.05, 3.63) is 30.1 Å². The minimum Gasteiger partial charge on any atom is -0.494 e. The Morgan fingerprint density at radius 2 is 1.86 bits per heavy atom. The molecule has 0 radical (unpaired) electrons. The number of ether oxygens (including phenoxy) is 1. The lowest BCUT2D eigenvalue weighted by Crippen LogP contribution is -2.47. The van der Waals surface area contributed by atoms with Gasteiger partial charge in [-0.05, 0) is 51.5 Å². The fourth-order valence-corrected chi connectivity index (χ4v) is 1.53. The van der Waals surface area contributed by atoms with Crippen LogP contribution in [0.3, 0.4) is 0 Å². The summed E-state index contributed by atoms with van der Waals surface area (Å²) in [6.45, 7) is 7.58. The van der Waals surface area contributed by atoms with Gasteiger partial charge in [0.1, 0.15) is 11.6 Å². The van der Waals surface area contributed by atoms with Crippen molar-refractivity contribution in [1.82, 2.24) is 10.6 Å². The lowest BCUT2D eigenvalue weighted by Gasteiger charge is -2.23. The summed E-state index contributed by atoms with van der Waals surface area (Å²) in [5.74, 6) is 1.21. The monoisotopic (exact) mass is 409 g/mol. The Morgan fingerprint density at radius 3 is 2.38 bits per heavy atom. The first-order chi connectivity index (χ1) is 9.40. The maximum absolute atomic E-state index is 12.7. The Morgan fingerprint density at radius 1 is 1.24 bits per heavy atom. The molecule has 1 rings (SSSR count). The molecule has 0 aliphatic heterocycles. The predicted octanol–water partition coefficient (Wildman–Crippen LogP) is 3.18. The van der Waals surface area contributed by atoms with Crippen molar-refractivity contribution >= 4 is 29.9 Å². The second-order valence-corrected chi connectivity index (χ2v) is 5.53. The molecule has 6 heteroatoms. The average Bonchev–Trinajstić information content (AvgIpc) is 2.37. The average molecular weight is 409 g/mol. The number of nitrogens with zero attached hydrogens (tertiary/aromatic N) is 1. The molecular weight excluding hydrogens is 384 g/mol. The Hall–Kier alpha value is -1.05. The molecule has 0 atom stereocenters. The van der Waals surface area contributed by atoms with Gasteiger partial charge in [-0.3, -0.25) is 4.99 Å². The Kier molecular flexibility index (Phi) is 9.32. The molecule has 21 heavy (non-hydrogen) atoms. The minimum absolute atomic E-state index is 0. The van der Waals surface area contributed by atoms with Gasteiger partial charge in [-0.1, -0.05) is 0 Å². The molecule has 0 aromatic heterocycles. The van der Waals surface area contributed by atoms with Crippen LogP contribution in [0.1, 0.15) is 27.2 Å². The summed E-state index contributed by atoms with van der Waals surface area (Å²) < 4.78 is 18.2. The molecule has 4 nitrogen and oxygen atoms in total. The Balaban J connectivity index is 0.00000400. The molecule has 0 heterocycles. The lowest BCUT2D eigenvalue weighted by atomic mass is 10.1. The summed E-state index contributed by atoms with van der Waals surface area (Å²) in [5, 5.41) is 6.50. The molecule has 2 N–H and O–H groups in total. The number of hydrogen-bond donors (Lipinski definition) is 2. The molecule has 0 saturated heterocycles. The molecule has 120 valence electrons. The fourth-order valence-electron chi connectivity index (χ4n) is 1.53. The molecule has 0 unspecified atom stereocenters. The van der Waals surface area contributed by atoms with Crippen molar-refractivity contribution in [1.29, 1.82) is 0 Å². The Bertz CT molecular complexity index is 430. The Labute approximate surface area is 143 Å². The number of nitrogens with one attached hydrogen (secondary N) is 2. The normalized spacial score (nSPS) is 11.6. The SMILES string of the molecule is CN=C(NCCCOc1ccc(F)cc1)NC(C)(C)C.I. The third-order valence-corrected chi connectivity index (χ3v) is 2.41. The van der Waals surface area contributed by atoms with Gasteiger partial charge in [0.2, 0.25) is 0 Å². The first-order valence-electron chi connectivity index (χ1n) is 6.78. The van der Waals surface area contributed by atoms with E-state index in [1.54, 1.807) is 19.2 Å². The summed E-state index contributed by atoms with van der Waals surface area (Å²) in [5.41, 5.74) is -0.0214. The van der Waals surface area contributed by atoms with Crippen LogP contribution in [0.25, 0.3) is 0 Å². The van der Waals surface area contributed by atoms with Crippen LogP contribution < -0.4 is 15.4 Å². The van der Waals surface area contributed by atoms with E-state index in [9.17, 15) is 4.39 Å². The fraction of sp³-hybridized carbons (Fsp3) is 0.533. The van der Waals surface area contributed by atoms with Crippen molar-refractivity contribution in [2.75, 3.05) is 20.2 Å². The van der Waals surface area contributed by atoms with Gasteiger partial charge in [0.05, 0.1) is 6.61 Å². The van der Waals surface area contributed by atoms with Crippen LogP contribution >= 0.6 is 24.0 Å². The van der Waals surface area contributed by atoms with Crippen LogP contribution in [0.15, 0.2) is 29.3 Å². The van der Waals surface area contributed by atoms with E-state index in [1.807, 2.05) is 0 Å². The van der Waals surface area contributed by atoms with Crippen LogP contribution in [-0.4, -0.2) is 31.7 Å². The largest absolute Gasteiger partial charge is 0.494 e. The second kappa shape index (κ2) is 9.81. The van der Waals surface area contributed by atoms with E-state index in [-0.39, 0.29) is 35.3 Å². The highest BCUT2D eigenvalue weighted by Crippen LogP contribution is 2.10. The molecule has 0 bridgehead atoms. The van der Waals surface area contributed by atoms with Crippen LogP contribution in [-0.2, 0) is 0 Å². The van der Waals surface area contributed by atoms with Gasteiger partial charge in [-0.15, -0.1) is 24.0 Å². The van der Waals surface area contributed by atoms with Crippen molar-refractivity contribution in [3.63, 3.8) is 0 Å². The molecule has 0 fully saturated rings. The van der Waals surface area contributed by atoms with E-state index in [1.165, 1.54) is 12.1 Å². The molecular formula is C15H25FIN3O. The van der Waals surface area contributed by atoms with Crippen molar-refractivity contribution in [2.45, 2.75) is 32.7 Å². The third kappa shape index (κ3) is 9.49. The molecule has 0 spiro atoms. The molecule has 0 amide bonds. The smallest absolute Gasteiger partial charge is 0.191 e. The molecule has 0 saturated carbocycles. The molecule has 1 aromatic carbocycles. The second-order valence-electron chi connectivity index (χ2n) is 5.53. The van der Waals surface area contributed by atoms with Crippen molar-refractivity contribution in [3.8, 4) is 5.75 Å². The van der Waals surface area contributed by atoms with E-state index in [2.05, 4.69) is 36.4 Å². The van der Waals surface area contributed by atoms with Crippen molar-refractivity contribution in [2.24, 2.45) is 4.99 Å². The van der Waals surface area contributed by atoms with Gasteiger partial charge in [0.25, 0.3) is 0 Å². The maximum Gasteiger partial charge on any atom is 0.191 e. The van der Waals surface area contributed by atoms with Gasteiger partial charge in [-0.25, -0.2) is 4.39 Å². The standard InChI is InChI=1S/C15H24FN3O.HI/c1-15(2,3)19-14(17-4)18-10-5-11-20-13-8-6-12(16)7-9-13;/h6-9H,5,10-11H2,1-4H3,(H2,17,18,19);1H. The van der Waals surface area contributed by atoms with E-state index >= 15 is 0 Å². The third-order valence-electron chi connectivity index (χ3n) is 2.41. The van der Waals surface area contributed by atoms with Crippen LogP contribution in [0, 0.1) is 5.82 Å². The quantitative estimate of drug-likeness (QED) is 0.340.